The fourth-order valence-corrected chi connectivity index (χ4v) is 3.51. The Hall–Kier alpha value is -3.63. The SMILES string of the molecule is CC1(COc2ccc(-c3c[nH]c4ncc(-c5cn[nH]c5)cc34)cc2C#N)COC1. The number of hydrogen-bond acceptors (Lipinski definition) is 5. The van der Waals surface area contributed by atoms with Crippen molar-refractivity contribution in [3.05, 3.63) is 54.6 Å². The molecule has 0 unspecified atom stereocenters. The topological polar surface area (TPSA) is 99.6 Å². The highest BCUT2D eigenvalue weighted by molar-refractivity contribution is 5.96. The van der Waals surface area contributed by atoms with Crippen LogP contribution in [0.2, 0.25) is 0 Å². The summed E-state index contributed by atoms with van der Waals surface area (Å²) in [6.07, 6.45) is 7.34. The van der Waals surface area contributed by atoms with Crippen molar-refractivity contribution >= 4 is 11.0 Å². The Morgan fingerprint density at radius 1 is 1.17 bits per heavy atom. The van der Waals surface area contributed by atoms with E-state index in [1.165, 1.54) is 0 Å². The van der Waals surface area contributed by atoms with E-state index in [0.29, 0.717) is 31.1 Å². The summed E-state index contributed by atoms with van der Waals surface area (Å²) in [5, 5.41) is 17.5. The average molecular weight is 385 g/mol. The molecule has 7 nitrogen and oxygen atoms in total. The minimum absolute atomic E-state index is 0.0252. The maximum atomic E-state index is 9.64. The number of nitrogens with zero attached hydrogens (tertiary/aromatic N) is 3. The van der Waals surface area contributed by atoms with Gasteiger partial charge in [0.05, 0.1) is 31.6 Å². The molecule has 1 aromatic carbocycles. The van der Waals surface area contributed by atoms with Crippen molar-refractivity contribution in [2.24, 2.45) is 5.41 Å². The third kappa shape index (κ3) is 3.13. The predicted octanol–water partition coefficient (Wildman–Crippen LogP) is 3.91. The summed E-state index contributed by atoms with van der Waals surface area (Å²) < 4.78 is 11.2. The molecule has 1 aliphatic rings. The van der Waals surface area contributed by atoms with Crippen molar-refractivity contribution in [2.75, 3.05) is 19.8 Å². The zero-order chi connectivity index (χ0) is 19.8. The fourth-order valence-electron chi connectivity index (χ4n) is 3.51. The summed E-state index contributed by atoms with van der Waals surface area (Å²) in [6.45, 7) is 4.03. The quantitative estimate of drug-likeness (QED) is 0.543. The summed E-state index contributed by atoms with van der Waals surface area (Å²) in [6, 6.07) is 10.0. The van der Waals surface area contributed by atoms with E-state index in [0.717, 1.165) is 33.3 Å². The Balaban J connectivity index is 1.49. The maximum Gasteiger partial charge on any atom is 0.137 e. The van der Waals surface area contributed by atoms with Crippen LogP contribution in [0.25, 0.3) is 33.3 Å². The van der Waals surface area contributed by atoms with Gasteiger partial charge in [0.15, 0.2) is 0 Å². The van der Waals surface area contributed by atoms with Crippen LogP contribution in [0, 0.1) is 16.7 Å². The zero-order valence-corrected chi connectivity index (χ0v) is 15.9. The van der Waals surface area contributed by atoms with Gasteiger partial charge in [-0.05, 0) is 23.8 Å². The molecule has 4 aromatic rings. The number of nitriles is 1. The molecule has 0 aliphatic carbocycles. The molecule has 2 N–H and O–H groups in total. The Morgan fingerprint density at radius 3 is 2.79 bits per heavy atom. The van der Waals surface area contributed by atoms with Gasteiger partial charge >= 0.3 is 0 Å². The lowest BCUT2D eigenvalue weighted by Gasteiger charge is -2.37. The molecule has 0 amide bonds. The lowest BCUT2D eigenvalue weighted by molar-refractivity contribution is -0.120. The van der Waals surface area contributed by atoms with Crippen LogP contribution in [0.1, 0.15) is 12.5 Å². The van der Waals surface area contributed by atoms with Crippen LogP contribution < -0.4 is 4.74 Å². The minimum atomic E-state index is 0.0252. The molecule has 0 atom stereocenters. The van der Waals surface area contributed by atoms with E-state index < -0.39 is 0 Å². The number of aromatic amines is 2. The first kappa shape index (κ1) is 17.5. The first-order valence-corrected chi connectivity index (χ1v) is 9.37. The van der Waals surface area contributed by atoms with Crippen molar-refractivity contribution in [2.45, 2.75) is 6.92 Å². The van der Waals surface area contributed by atoms with Crippen molar-refractivity contribution < 1.29 is 9.47 Å². The number of benzene rings is 1. The van der Waals surface area contributed by atoms with Gasteiger partial charge < -0.3 is 14.5 Å². The molecule has 0 saturated carbocycles. The molecule has 1 saturated heterocycles. The summed E-state index contributed by atoms with van der Waals surface area (Å²) in [4.78, 5) is 7.73. The van der Waals surface area contributed by atoms with Gasteiger partial charge in [-0.25, -0.2) is 4.98 Å². The molecule has 0 spiro atoms. The predicted molar refractivity (Wildman–Crippen MR) is 108 cm³/mol. The summed E-state index contributed by atoms with van der Waals surface area (Å²) in [5.74, 6) is 0.599. The summed E-state index contributed by atoms with van der Waals surface area (Å²) >= 11 is 0. The van der Waals surface area contributed by atoms with Gasteiger partial charge in [0.1, 0.15) is 17.5 Å². The molecule has 29 heavy (non-hydrogen) atoms. The van der Waals surface area contributed by atoms with Crippen LogP contribution in [0.15, 0.2) is 49.1 Å². The lowest BCUT2D eigenvalue weighted by atomic mass is 9.90. The van der Waals surface area contributed by atoms with E-state index in [1.807, 2.05) is 36.8 Å². The number of rotatable bonds is 5. The highest BCUT2D eigenvalue weighted by Crippen LogP contribution is 2.34. The van der Waals surface area contributed by atoms with Crippen molar-refractivity contribution in [1.29, 1.82) is 5.26 Å². The second-order valence-electron chi connectivity index (χ2n) is 7.72. The molecule has 7 heteroatoms. The van der Waals surface area contributed by atoms with E-state index in [2.05, 4.69) is 39.2 Å². The molecule has 0 bridgehead atoms. The van der Waals surface area contributed by atoms with Gasteiger partial charge in [-0.1, -0.05) is 13.0 Å². The van der Waals surface area contributed by atoms with Crippen molar-refractivity contribution in [1.82, 2.24) is 20.2 Å². The first-order chi connectivity index (χ1) is 14.1. The Morgan fingerprint density at radius 2 is 2.07 bits per heavy atom. The number of H-pyrrole nitrogens is 2. The van der Waals surface area contributed by atoms with E-state index in [-0.39, 0.29) is 5.41 Å². The molecule has 0 radical (unpaired) electrons. The normalized spacial score (nSPS) is 15.0. The van der Waals surface area contributed by atoms with Crippen LogP contribution in [0.3, 0.4) is 0 Å². The molecule has 3 aromatic heterocycles. The maximum absolute atomic E-state index is 9.64. The van der Waals surface area contributed by atoms with Crippen LogP contribution in [0.5, 0.6) is 5.75 Å². The summed E-state index contributed by atoms with van der Waals surface area (Å²) in [7, 11) is 0. The van der Waals surface area contributed by atoms with Gasteiger partial charge in [0, 0.05) is 46.1 Å². The number of fused-ring (bicyclic) bond motifs is 1. The number of pyridine rings is 1. The van der Waals surface area contributed by atoms with E-state index in [4.69, 9.17) is 9.47 Å². The second-order valence-corrected chi connectivity index (χ2v) is 7.72. The van der Waals surface area contributed by atoms with Crippen LogP contribution in [0.4, 0.5) is 0 Å². The number of aromatic nitrogens is 4. The van der Waals surface area contributed by atoms with E-state index in [1.54, 1.807) is 6.20 Å². The smallest absolute Gasteiger partial charge is 0.137 e. The third-order valence-corrected chi connectivity index (χ3v) is 5.25. The second kappa shape index (κ2) is 6.76. The minimum Gasteiger partial charge on any atom is -0.491 e. The van der Waals surface area contributed by atoms with Gasteiger partial charge in [-0.15, -0.1) is 0 Å². The van der Waals surface area contributed by atoms with Gasteiger partial charge in [0.2, 0.25) is 0 Å². The summed E-state index contributed by atoms with van der Waals surface area (Å²) in [5.41, 5.74) is 5.20. The molecule has 144 valence electrons. The van der Waals surface area contributed by atoms with E-state index in [9.17, 15) is 5.26 Å². The fraction of sp³-hybridized carbons (Fsp3) is 0.227. The van der Waals surface area contributed by atoms with E-state index >= 15 is 0 Å². The molecular formula is C22H19N5O2. The molecule has 5 rings (SSSR count). The molecule has 4 heterocycles. The molecular weight excluding hydrogens is 366 g/mol. The standard InChI is InChI=1S/C22H19N5O2/c1-22(11-28-12-22)13-29-20-3-2-14(4-15(20)6-23)19-10-25-21-18(19)5-16(7-24-21)17-8-26-27-9-17/h2-5,7-10H,11-13H2,1H3,(H,24,25)(H,26,27). The van der Waals surface area contributed by atoms with Crippen molar-refractivity contribution in [3.8, 4) is 34.1 Å². The van der Waals surface area contributed by atoms with Crippen molar-refractivity contribution in [3.63, 3.8) is 0 Å². The van der Waals surface area contributed by atoms with Crippen LogP contribution in [-0.2, 0) is 4.74 Å². The monoisotopic (exact) mass is 385 g/mol. The highest BCUT2D eigenvalue weighted by Gasteiger charge is 2.34. The number of ether oxygens (including phenoxy) is 2. The van der Waals surface area contributed by atoms with Crippen LogP contribution in [-0.4, -0.2) is 40.0 Å². The Kier molecular flexibility index (Phi) is 4.07. The molecule has 1 fully saturated rings. The van der Waals surface area contributed by atoms with Gasteiger partial charge in [-0.2, -0.15) is 10.4 Å². The largest absolute Gasteiger partial charge is 0.491 e. The average Bonchev–Trinajstić information content (AvgIpc) is 3.40. The zero-order valence-electron chi connectivity index (χ0n) is 15.9. The third-order valence-electron chi connectivity index (χ3n) is 5.25. The number of nitrogens with one attached hydrogen (secondary N) is 2. The number of hydrogen-bond donors (Lipinski definition) is 2. The highest BCUT2D eigenvalue weighted by atomic mass is 16.5. The Bertz CT molecular complexity index is 1220. The van der Waals surface area contributed by atoms with Gasteiger partial charge in [0.25, 0.3) is 0 Å². The van der Waals surface area contributed by atoms with Gasteiger partial charge in [-0.3, -0.25) is 5.10 Å². The molecule has 1 aliphatic heterocycles. The van der Waals surface area contributed by atoms with Crippen LogP contribution >= 0.6 is 0 Å². The lowest BCUT2D eigenvalue weighted by Crippen LogP contribution is -2.44. The Labute approximate surface area is 167 Å². The first-order valence-electron chi connectivity index (χ1n) is 9.37.